The van der Waals surface area contributed by atoms with Crippen molar-refractivity contribution in [3.8, 4) is 0 Å². The summed E-state index contributed by atoms with van der Waals surface area (Å²) in [5.41, 5.74) is 1.23. The van der Waals surface area contributed by atoms with Crippen molar-refractivity contribution in [2.75, 3.05) is 26.2 Å². The zero-order valence-electron chi connectivity index (χ0n) is 14.7. The lowest BCUT2D eigenvalue weighted by atomic mass is 9.91. The number of rotatable bonds is 4. The van der Waals surface area contributed by atoms with Crippen LogP contribution in [0, 0.1) is 0 Å². The van der Waals surface area contributed by atoms with Crippen molar-refractivity contribution >= 4 is 5.91 Å². The Hall–Kier alpha value is -1.39. The Labute approximate surface area is 145 Å². The van der Waals surface area contributed by atoms with E-state index in [1.165, 1.54) is 12.0 Å². The van der Waals surface area contributed by atoms with Gasteiger partial charge in [-0.2, -0.15) is 0 Å². The van der Waals surface area contributed by atoms with E-state index in [4.69, 9.17) is 0 Å². The quantitative estimate of drug-likeness (QED) is 0.923. The van der Waals surface area contributed by atoms with E-state index in [9.17, 15) is 9.90 Å². The topological polar surface area (TPSA) is 43.8 Å². The van der Waals surface area contributed by atoms with Crippen LogP contribution in [0.1, 0.15) is 50.5 Å². The van der Waals surface area contributed by atoms with Crippen molar-refractivity contribution in [3.63, 3.8) is 0 Å². The summed E-state index contributed by atoms with van der Waals surface area (Å²) in [5, 5.41) is 10.2. The third-order valence-electron chi connectivity index (χ3n) is 5.68. The van der Waals surface area contributed by atoms with Crippen LogP contribution in [-0.4, -0.2) is 59.1 Å². The smallest absolute Gasteiger partial charge is 0.223 e. The van der Waals surface area contributed by atoms with Crippen molar-refractivity contribution in [1.82, 2.24) is 9.80 Å². The monoisotopic (exact) mass is 330 g/mol. The molecule has 2 aliphatic rings. The number of carbonyl (C=O) groups is 1. The maximum atomic E-state index is 12.6. The highest BCUT2D eigenvalue weighted by Crippen LogP contribution is 2.25. The van der Waals surface area contributed by atoms with Gasteiger partial charge in [0.1, 0.15) is 0 Å². The van der Waals surface area contributed by atoms with Gasteiger partial charge >= 0.3 is 0 Å². The first-order chi connectivity index (χ1) is 11.6. The molecule has 4 nitrogen and oxygen atoms in total. The van der Waals surface area contributed by atoms with Gasteiger partial charge in [-0.05, 0) is 24.3 Å². The number of hydrogen-bond acceptors (Lipinski definition) is 3. The van der Waals surface area contributed by atoms with Gasteiger partial charge in [0.2, 0.25) is 5.91 Å². The molecule has 1 aromatic carbocycles. The molecule has 1 aromatic rings. The molecule has 3 rings (SSSR count). The minimum atomic E-state index is -0.181. The van der Waals surface area contributed by atoms with Crippen LogP contribution in [0.5, 0.6) is 0 Å². The van der Waals surface area contributed by atoms with Gasteiger partial charge in [-0.3, -0.25) is 9.69 Å². The van der Waals surface area contributed by atoms with Gasteiger partial charge in [0.05, 0.1) is 6.10 Å². The summed E-state index contributed by atoms with van der Waals surface area (Å²) < 4.78 is 0. The van der Waals surface area contributed by atoms with E-state index in [-0.39, 0.29) is 17.9 Å². The lowest BCUT2D eigenvalue weighted by molar-refractivity contribution is -0.134. The maximum absolute atomic E-state index is 12.6. The van der Waals surface area contributed by atoms with Gasteiger partial charge in [0.15, 0.2) is 0 Å². The first-order valence-electron chi connectivity index (χ1n) is 9.40. The highest BCUT2D eigenvalue weighted by atomic mass is 16.3. The zero-order valence-corrected chi connectivity index (χ0v) is 14.7. The summed E-state index contributed by atoms with van der Waals surface area (Å²) in [6, 6.07) is 10.6. The van der Waals surface area contributed by atoms with Gasteiger partial charge in [-0.25, -0.2) is 0 Å². The molecule has 132 valence electrons. The zero-order chi connectivity index (χ0) is 16.9. The Morgan fingerprint density at radius 1 is 1.12 bits per heavy atom. The van der Waals surface area contributed by atoms with Crippen molar-refractivity contribution < 1.29 is 9.90 Å². The molecule has 1 N–H and O–H groups in total. The third kappa shape index (κ3) is 4.17. The van der Waals surface area contributed by atoms with E-state index in [0.29, 0.717) is 12.5 Å². The Kier molecular flexibility index (Phi) is 5.90. The second-order valence-corrected chi connectivity index (χ2v) is 7.35. The van der Waals surface area contributed by atoms with Crippen LogP contribution in [0.25, 0.3) is 0 Å². The number of hydrogen-bond donors (Lipinski definition) is 1. The minimum Gasteiger partial charge on any atom is -0.391 e. The first-order valence-corrected chi connectivity index (χ1v) is 9.40. The number of carbonyl (C=O) groups excluding carboxylic acids is 1. The molecule has 3 atom stereocenters. The molecule has 2 fully saturated rings. The number of aliphatic hydroxyl groups excluding tert-OH is 1. The average Bonchev–Trinajstić information content (AvgIpc) is 2.63. The van der Waals surface area contributed by atoms with Gasteiger partial charge in [0.25, 0.3) is 0 Å². The lowest BCUT2D eigenvalue weighted by Crippen LogP contribution is -2.55. The van der Waals surface area contributed by atoms with E-state index in [0.717, 1.165) is 45.4 Å². The molecule has 1 aliphatic carbocycles. The van der Waals surface area contributed by atoms with Crippen molar-refractivity contribution in [3.05, 3.63) is 35.9 Å². The molecule has 0 bridgehead atoms. The summed E-state index contributed by atoms with van der Waals surface area (Å²) in [6.45, 7) is 5.51. The molecule has 0 aromatic heterocycles. The summed E-state index contributed by atoms with van der Waals surface area (Å²) in [7, 11) is 0. The summed E-state index contributed by atoms with van der Waals surface area (Å²) in [4.78, 5) is 17.0. The van der Waals surface area contributed by atoms with E-state index >= 15 is 0 Å². The van der Waals surface area contributed by atoms with E-state index < -0.39 is 0 Å². The number of aliphatic hydroxyl groups is 1. The van der Waals surface area contributed by atoms with Crippen molar-refractivity contribution in [2.24, 2.45) is 0 Å². The van der Waals surface area contributed by atoms with Gasteiger partial charge < -0.3 is 10.0 Å². The fourth-order valence-corrected chi connectivity index (χ4v) is 4.11. The Balaban J connectivity index is 1.48. The van der Waals surface area contributed by atoms with Crippen LogP contribution in [0.2, 0.25) is 0 Å². The average molecular weight is 330 g/mol. The molecular weight excluding hydrogens is 300 g/mol. The molecular formula is C20H30N2O2. The Bertz CT molecular complexity index is 526. The fourth-order valence-electron chi connectivity index (χ4n) is 4.11. The van der Waals surface area contributed by atoms with Crippen LogP contribution in [-0.2, 0) is 4.79 Å². The second-order valence-electron chi connectivity index (χ2n) is 7.35. The molecule has 24 heavy (non-hydrogen) atoms. The number of piperazine rings is 1. The molecule has 0 spiro atoms. The highest BCUT2D eigenvalue weighted by Gasteiger charge is 2.32. The van der Waals surface area contributed by atoms with E-state index in [1.54, 1.807) is 0 Å². The normalized spacial score (nSPS) is 27.0. The Morgan fingerprint density at radius 3 is 2.46 bits per heavy atom. The van der Waals surface area contributed by atoms with Crippen LogP contribution >= 0.6 is 0 Å². The molecule has 1 amide bonds. The van der Waals surface area contributed by atoms with Crippen LogP contribution in [0.4, 0.5) is 0 Å². The largest absolute Gasteiger partial charge is 0.391 e. The SMILES string of the molecule is CC(CC(=O)N1CCN(C2CCCCC2O)CC1)c1ccccc1. The number of amides is 1. The van der Waals surface area contributed by atoms with Gasteiger partial charge in [-0.15, -0.1) is 0 Å². The van der Waals surface area contributed by atoms with Gasteiger partial charge in [0, 0.05) is 38.6 Å². The van der Waals surface area contributed by atoms with Crippen LogP contribution in [0.15, 0.2) is 30.3 Å². The molecule has 4 heteroatoms. The number of nitrogens with zero attached hydrogens (tertiary/aromatic N) is 2. The standard InChI is InChI=1S/C20H30N2O2/c1-16(17-7-3-2-4-8-17)15-20(24)22-13-11-21(12-14-22)18-9-5-6-10-19(18)23/h2-4,7-8,16,18-19,23H,5-6,9-15H2,1H3. The van der Waals surface area contributed by atoms with Crippen LogP contribution in [0.3, 0.4) is 0 Å². The number of benzene rings is 1. The summed E-state index contributed by atoms with van der Waals surface area (Å²) in [5.74, 6) is 0.520. The third-order valence-corrected chi connectivity index (χ3v) is 5.68. The van der Waals surface area contributed by atoms with Gasteiger partial charge in [-0.1, -0.05) is 50.1 Å². The first kappa shape index (κ1) is 17.4. The predicted octanol–water partition coefficient (Wildman–Crippen LogP) is 2.63. The molecule has 1 saturated heterocycles. The summed E-state index contributed by atoms with van der Waals surface area (Å²) >= 11 is 0. The Morgan fingerprint density at radius 2 is 1.79 bits per heavy atom. The van der Waals surface area contributed by atoms with Crippen molar-refractivity contribution in [2.45, 2.75) is 57.1 Å². The van der Waals surface area contributed by atoms with Crippen LogP contribution < -0.4 is 0 Å². The van der Waals surface area contributed by atoms with Crippen molar-refractivity contribution in [1.29, 1.82) is 0 Å². The highest BCUT2D eigenvalue weighted by molar-refractivity contribution is 5.77. The predicted molar refractivity (Wildman–Crippen MR) is 95.9 cm³/mol. The molecule has 0 radical (unpaired) electrons. The summed E-state index contributed by atoms with van der Waals surface area (Å²) in [6.07, 6.45) is 4.79. The lowest BCUT2D eigenvalue weighted by Gasteiger charge is -2.42. The maximum Gasteiger partial charge on any atom is 0.223 e. The minimum absolute atomic E-state index is 0.181. The fraction of sp³-hybridized carbons (Fsp3) is 0.650. The molecule has 1 aliphatic heterocycles. The second kappa shape index (κ2) is 8.13. The molecule has 1 heterocycles. The molecule has 3 unspecified atom stereocenters. The van der Waals surface area contributed by atoms with E-state index in [2.05, 4.69) is 24.0 Å². The van der Waals surface area contributed by atoms with E-state index in [1.807, 2.05) is 23.1 Å². The molecule has 1 saturated carbocycles.